The lowest BCUT2D eigenvalue weighted by Gasteiger charge is -2.43. The molecule has 0 radical (unpaired) electrons. The highest BCUT2D eigenvalue weighted by Crippen LogP contribution is 2.38. The van der Waals surface area contributed by atoms with Crippen LogP contribution in [0.15, 0.2) is 0 Å². The van der Waals surface area contributed by atoms with Crippen LogP contribution in [0, 0.1) is 11.8 Å². The Morgan fingerprint density at radius 3 is 2.73 bits per heavy atom. The van der Waals surface area contributed by atoms with Gasteiger partial charge in [0.2, 0.25) is 0 Å². The molecule has 1 aliphatic rings. The van der Waals surface area contributed by atoms with Gasteiger partial charge in [0.05, 0.1) is 0 Å². The summed E-state index contributed by atoms with van der Waals surface area (Å²) >= 11 is 0. The molecular formula is C13H27NO. The Bertz CT molecular complexity index is 168. The van der Waals surface area contributed by atoms with Crippen molar-refractivity contribution in [3.05, 3.63) is 0 Å². The molecule has 15 heavy (non-hydrogen) atoms. The van der Waals surface area contributed by atoms with E-state index in [9.17, 15) is 5.11 Å². The second kappa shape index (κ2) is 5.86. The fourth-order valence-corrected chi connectivity index (χ4v) is 3.04. The molecule has 2 heteroatoms. The van der Waals surface area contributed by atoms with Crippen molar-refractivity contribution in [2.24, 2.45) is 11.8 Å². The molecule has 2 unspecified atom stereocenters. The molecule has 0 heterocycles. The summed E-state index contributed by atoms with van der Waals surface area (Å²) in [5, 5.41) is 12.8. The molecule has 0 amide bonds. The van der Waals surface area contributed by atoms with Gasteiger partial charge in [-0.05, 0) is 37.6 Å². The number of aliphatic hydroxyl groups is 1. The Hall–Kier alpha value is -0.0800. The van der Waals surface area contributed by atoms with Gasteiger partial charge in [0.1, 0.15) is 0 Å². The summed E-state index contributed by atoms with van der Waals surface area (Å²) < 4.78 is 0. The van der Waals surface area contributed by atoms with Crippen LogP contribution in [0.1, 0.15) is 52.9 Å². The topological polar surface area (TPSA) is 32.3 Å². The highest BCUT2D eigenvalue weighted by molar-refractivity contribution is 4.93. The fraction of sp³-hybridized carbons (Fsp3) is 1.00. The lowest BCUT2D eigenvalue weighted by Crippen LogP contribution is -2.50. The van der Waals surface area contributed by atoms with Gasteiger partial charge >= 0.3 is 0 Å². The third-order valence-electron chi connectivity index (χ3n) is 3.97. The summed E-state index contributed by atoms with van der Waals surface area (Å²) in [5.41, 5.74) is 0.233. The van der Waals surface area contributed by atoms with Crippen LogP contribution < -0.4 is 5.32 Å². The zero-order chi connectivity index (χ0) is 11.3. The monoisotopic (exact) mass is 213 g/mol. The van der Waals surface area contributed by atoms with Gasteiger partial charge in [-0.15, -0.1) is 0 Å². The van der Waals surface area contributed by atoms with Gasteiger partial charge in [0.15, 0.2) is 0 Å². The van der Waals surface area contributed by atoms with Crippen molar-refractivity contribution in [3.8, 4) is 0 Å². The summed E-state index contributed by atoms with van der Waals surface area (Å²) in [6.07, 6.45) is 6.10. The van der Waals surface area contributed by atoms with Crippen molar-refractivity contribution in [3.63, 3.8) is 0 Å². The minimum Gasteiger partial charge on any atom is -0.396 e. The van der Waals surface area contributed by atoms with Gasteiger partial charge in [-0.3, -0.25) is 0 Å². The van der Waals surface area contributed by atoms with Gasteiger partial charge in [-0.2, -0.15) is 0 Å². The first-order valence-electron chi connectivity index (χ1n) is 6.49. The summed E-state index contributed by atoms with van der Waals surface area (Å²) in [7, 11) is 0. The van der Waals surface area contributed by atoms with E-state index in [1.807, 2.05) is 0 Å². The average Bonchev–Trinajstić information content (AvgIpc) is 2.18. The number of hydrogen-bond acceptors (Lipinski definition) is 2. The third kappa shape index (κ3) is 3.46. The van der Waals surface area contributed by atoms with Gasteiger partial charge in [-0.25, -0.2) is 0 Å². The molecule has 2 N–H and O–H groups in total. The SMILES string of the molecule is CCNC1(CCO)CCCC(C(C)C)C1. The predicted molar refractivity (Wildman–Crippen MR) is 64.9 cm³/mol. The smallest absolute Gasteiger partial charge is 0.0448 e. The van der Waals surface area contributed by atoms with Crippen LogP contribution in [0.25, 0.3) is 0 Å². The second-order valence-electron chi connectivity index (χ2n) is 5.38. The summed E-state index contributed by atoms with van der Waals surface area (Å²) in [4.78, 5) is 0. The first-order chi connectivity index (χ1) is 7.13. The van der Waals surface area contributed by atoms with Crippen LogP contribution >= 0.6 is 0 Å². The number of nitrogens with one attached hydrogen (secondary N) is 1. The summed E-state index contributed by atoms with van der Waals surface area (Å²) in [5.74, 6) is 1.62. The molecule has 0 aliphatic heterocycles. The molecule has 1 rings (SSSR count). The number of aliphatic hydroxyl groups excluding tert-OH is 1. The Labute approximate surface area is 94.5 Å². The van der Waals surface area contributed by atoms with Gasteiger partial charge < -0.3 is 10.4 Å². The zero-order valence-corrected chi connectivity index (χ0v) is 10.6. The van der Waals surface area contributed by atoms with Gasteiger partial charge in [0.25, 0.3) is 0 Å². The van der Waals surface area contributed by atoms with Crippen LogP contribution in [0.5, 0.6) is 0 Å². The predicted octanol–water partition coefficient (Wildman–Crippen LogP) is 2.56. The molecule has 0 saturated heterocycles. The van der Waals surface area contributed by atoms with E-state index >= 15 is 0 Å². The normalized spacial score (nSPS) is 32.2. The Kier molecular flexibility index (Phi) is 5.07. The van der Waals surface area contributed by atoms with Crippen LogP contribution in [0.3, 0.4) is 0 Å². The Balaban J connectivity index is 2.61. The molecule has 0 aromatic heterocycles. The second-order valence-corrected chi connectivity index (χ2v) is 5.38. The van der Waals surface area contributed by atoms with Crippen LogP contribution in [-0.4, -0.2) is 23.8 Å². The highest BCUT2D eigenvalue weighted by Gasteiger charge is 2.35. The van der Waals surface area contributed by atoms with Crippen molar-refractivity contribution < 1.29 is 5.11 Å². The quantitative estimate of drug-likeness (QED) is 0.735. The van der Waals surface area contributed by atoms with E-state index in [-0.39, 0.29) is 5.54 Å². The van der Waals surface area contributed by atoms with E-state index in [0.717, 1.165) is 24.8 Å². The van der Waals surface area contributed by atoms with Gasteiger partial charge in [-0.1, -0.05) is 33.6 Å². The molecule has 90 valence electrons. The minimum absolute atomic E-state index is 0.233. The van der Waals surface area contributed by atoms with Crippen molar-refractivity contribution in [1.82, 2.24) is 5.32 Å². The molecule has 0 bridgehead atoms. The van der Waals surface area contributed by atoms with Crippen LogP contribution in [0.4, 0.5) is 0 Å². The first-order valence-corrected chi connectivity index (χ1v) is 6.49. The van der Waals surface area contributed by atoms with E-state index in [4.69, 9.17) is 0 Å². The average molecular weight is 213 g/mol. The Morgan fingerprint density at radius 2 is 2.20 bits per heavy atom. The van der Waals surface area contributed by atoms with Crippen molar-refractivity contribution in [1.29, 1.82) is 0 Å². The molecule has 1 fully saturated rings. The lowest BCUT2D eigenvalue weighted by molar-refractivity contribution is 0.116. The van der Waals surface area contributed by atoms with E-state index in [0.29, 0.717) is 6.61 Å². The highest BCUT2D eigenvalue weighted by atomic mass is 16.3. The maximum absolute atomic E-state index is 9.20. The van der Waals surface area contributed by atoms with Crippen LogP contribution in [-0.2, 0) is 0 Å². The molecule has 1 aliphatic carbocycles. The fourth-order valence-electron chi connectivity index (χ4n) is 3.04. The largest absolute Gasteiger partial charge is 0.396 e. The molecule has 2 atom stereocenters. The van der Waals surface area contributed by atoms with Crippen LogP contribution in [0.2, 0.25) is 0 Å². The maximum atomic E-state index is 9.20. The molecule has 0 aromatic rings. The van der Waals surface area contributed by atoms with Crippen molar-refractivity contribution in [2.75, 3.05) is 13.2 Å². The van der Waals surface area contributed by atoms with E-state index in [1.54, 1.807) is 0 Å². The Morgan fingerprint density at radius 1 is 1.47 bits per heavy atom. The summed E-state index contributed by atoms with van der Waals surface area (Å²) in [6, 6.07) is 0. The molecular weight excluding hydrogens is 186 g/mol. The van der Waals surface area contributed by atoms with E-state index in [1.165, 1.54) is 25.7 Å². The minimum atomic E-state index is 0.233. The molecule has 1 saturated carbocycles. The van der Waals surface area contributed by atoms with Crippen molar-refractivity contribution in [2.45, 2.75) is 58.4 Å². The van der Waals surface area contributed by atoms with Gasteiger partial charge in [0, 0.05) is 12.1 Å². The van der Waals surface area contributed by atoms with E-state index in [2.05, 4.69) is 26.1 Å². The van der Waals surface area contributed by atoms with E-state index < -0.39 is 0 Å². The molecule has 0 aromatic carbocycles. The standard InChI is InChI=1S/C13H27NO/c1-4-14-13(8-9-15)7-5-6-12(10-13)11(2)3/h11-12,14-15H,4-10H2,1-3H3. The maximum Gasteiger partial charge on any atom is 0.0448 e. The summed E-state index contributed by atoms with van der Waals surface area (Å²) in [6.45, 7) is 8.15. The number of rotatable bonds is 5. The third-order valence-corrected chi connectivity index (χ3v) is 3.97. The zero-order valence-electron chi connectivity index (χ0n) is 10.6. The number of hydrogen-bond donors (Lipinski definition) is 2. The molecule has 2 nitrogen and oxygen atoms in total. The molecule has 0 spiro atoms. The first kappa shape index (κ1) is 13.0. The van der Waals surface area contributed by atoms with Crippen molar-refractivity contribution >= 4 is 0 Å². The lowest BCUT2D eigenvalue weighted by atomic mass is 9.70.